The van der Waals surface area contributed by atoms with Gasteiger partial charge in [0.15, 0.2) is 11.5 Å². The molecular formula is C12H10F6O7S. The van der Waals surface area contributed by atoms with Gasteiger partial charge in [-0.05, 0) is 18.2 Å². The predicted molar refractivity (Wildman–Crippen MR) is 71.3 cm³/mol. The van der Waals surface area contributed by atoms with E-state index in [2.05, 4.69) is 9.47 Å². The van der Waals surface area contributed by atoms with Gasteiger partial charge in [0.2, 0.25) is 0 Å². The standard InChI is InChI=1S/C12H10F6O7S/c1-24-8-4-6(2-3-7(8)19)9(20)25-10(11(13,14)15,12(16,17)18)5-26(21,22)23/h2-4,19H,5H2,1H3,(H,21,22,23). The van der Waals surface area contributed by atoms with Gasteiger partial charge in [-0.15, -0.1) is 0 Å². The Morgan fingerprint density at radius 1 is 1.12 bits per heavy atom. The van der Waals surface area contributed by atoms with Gasteiger partial charge < -0.3 is 14.6 Å². The number of hydrogen-bond donors (Lipinski definition) is 2. The number of rotatable bonds is 5. The molecule has 0 aromatic heterocycles. The van der Waals surface area contributed by atoms with E-state index in [1.54, 1.807) is 0 Å². The first-order valence-corrected chi connectivity index (χ1v) is 7.84. The minimum absolute atomic E-state index is 0.473. The summed E-state index contributed by atoms with van der Waals surface area (Å²) in [4.78, 5) is 11.8. The van der Waals surface area contributed by atoms with Crippen LogP contribution in [0, 0.1) is 0 Å². The molecule has 26 heavy (non-hydrogen) atoms. The Balaban J connectivity index is 3.48. The molecule has 0 saturated carbocycles. The summed E-state index contributed by atoms with van der Waals surface area (Å²) >= 11 is 0. The molecule has 14 heteroatoms. The van der Waals surface area contributed by atoms with Gasteiger partial charge in [-0.3, -0.25) is 4.55 Å². The molecule has 0 heterocycles. The number of alkyl halides is 6. The topological polar surface area (TPSA) is 110 Å². The molecule has 1 aromatic rings. The zero-order valence-electron chi connectivity index (χ0n) is 12.6. The Labute approximate surface area is 141 Å². The van der Waals surface area contributed by atoms with Crippen molar-refractivity contribution < 1.29 is 58.7 Å². The molecule has 0 spiro atoms. The quantitative estimate of drug-likeness (QED) is 0.434. The zero-order valence-corrected chi connectivity index (χ0v) is 13.4. The second-order valence-electron chi connectivity index (χ2n) is 4.82. The van der Waals surface area contributed by atoms with E-state index < -0.39 is 56.9 Å². The van der Waals surface area contributed by atoms with E-state index >= 15 is 0 Å². The van der Waals surface area contributed by atoms with E-state index in [1.807, 2.05) is 0 Å². The lowest BCUT2D eigenvalue weighted by Crippen LogP contribution is -2.63. The maximum absolute atomic E-state index is 13.0. The van der Waals surface area contributed by atoms with Crippen LogP contribution in [0.15, 0.2) is 18.2 Å². The summed E-state index contributed by atoms with van der Waals surface area (Å²) in [5.74, 6) is -6.27. The number of phenols is 1. The molecule has 0 saturated heterocycles. The minimum Gasteiger partial charge on any atom is -0.504 e. The van der Waals surface area contributed by atoms with Crippen molar-refractivity contribution in [2.75, 3.05) is 12.9 Å². The molecule has 0 radical (unpaired) electrons. The lowest BCUT2D eigenvalue weighted by atomic mass is 10.1. The van der Waals surface area contributed by atoms with E-state index in [4.69, 9.17) is 4.55 Å². The highest BCUT2D eigenvalue weighted by Gasteiger charge is 2.76. The van der Waals surface area contributed by atoms with Crippen molar-refractivity contribution in [3.8, 4) is 11.5 Å². The van der Waals surface area contributed by atoms with Crippen molar-refractivity contribution in [2.24, 2.45) is 0 Å². The van der Waals surface area contributed by atoms with Gasteiger partial charge in [0, 0.05) is 0 Å². The van der Waals surface area contributed by atoms with E-state index in [0.717, 1.165) is 13.2 Å². The highest BCUT2D eigenvalue weighted by molar-refractivity contribution is 7.85. The summed E-state index contributed by atoms with van der Waals surface area (Å²) in [7, 11) is -4.89. The first-order valence-electron chi connectivity index (χ1n) is 6.23. The molecule has 0 unspecified atom stereocenters. The Kier molecular flexibility index (Phi) is 5.73. The predicted octanol–water partition coefficient (Wildman–Crippen LogP) is 2.31. The highest BCUT2D eigenvalue weighted by Crippen LogP contribution is 2.47. The Hall–Kier alpha value is -2.22. The average molecular weight is 412 g/mol. The van der Waals surface area contributed by atoms with E-state index in [0.29, 0.717) is 12.1 Å². The van der Waals surface area contributed by atoms with Gasteiger partial charge in [0.05, 0.1) is 12.7 Å². The number of benzene rings is 1. The third-order valence-corrected chi connectivity index (χ3v) is 3.76. The largest absolute Gasteiger partial charge is 0.504 e. The van der Waals surface area contributed by atoms with Gasteiger partial charge in [-0.1, -0.05) is 0 Å². The number of aromatic hydroxyl groups is 1. The molecule has 0 aliphatic heterocycles. The van der Waals surface area contributed by atoms with Gasteiger partial charge in [0.25, 0.3) is 10.1 Å². The highest BCUT2D eigenvalue weighted by atomic mass is 32.2. The maximum Gasteiger partial charge on any atom is 0.438 e. The maximum atomic E-state index is 13.0. The van der Waals surface area contributed by atoms with Gasteiger partial charge in [-0.25, -0.2) is 4.79 Å². The number of phenolic OH excluding ortho intramolecular Hbond substituents is 1. The first kappa shape index (κ1) is 21.8. The summed E-state index contributed by atoms with van der Waals surface area (Å²) in [6.45, 7) is 0. The van der Waals surface area contributed by atoms with E-state index in [-0.39, 0.29) is 0 Å². The summed E-state index contributed by atoms with van der Waals surface area (Å²) in [5.41, 5.74) is -6.43. The number of ether oxygens (including phenoxy) is 2. The van der Waals surface area contributed by atoms with Crippen LogP contribution < -0.4 is 4.74 Å². The number of carbonyl (C=O) groups is 1. The van der Waals surface area contributed by atoms with Crippen LogP contribution in [0.5, 0.6) is 11.5 Å². The van der Waals surface area contributed by atoms with Gasteiger partial charge in [0.1, 0.15) is 5.75 Å². The molecule has 0 amide bonds. The second kappa shape index (κ2) is 6.83. The normalized spacial score (nSPS) is 13.4. The average Bonchev–Trinajstić information content (AvgIpc) is 2.43. The Morgan fingerprint density at radius 3 is 2.00 bits per heavy atom. The first-order chi connectivity index (χ1) is 11.5. The van der Waals surface area contributed by atoms with Crippen LogP contribution in [0.2, 0.25) is 0 Å². The monoisotopic (exact) mass is 412 g/mol. The number of esters is 1. The van der Waals surface area contributed by atoms with Crippen LogP contribution in [0.3, 0.4) is 0 Å². The van der Waals surface area contributed by atoms with E-state index in [9.17, 15) is 44.7 Å². The van der Waals surface area contributed by atoms with Crippen molar-refractivity contribution in [3.63, 3.8) is 0 Å². The van der Waals surface area contributed by atoms with Crippen LogP contribution >= 0.6 is 0 Å². The lowest BCUT2D eigenvalue weighted by Gasteiger charge is -2.35. The van der Waals surface area contributed by atoms with Gasteiger partial charge >= 0.3 is 23.9 Å². The molecular weight excluding hydrogens is 402 g/mol. The number of hydrogen-bond acceptors (Lipinski definition) is 6. The third kappa shape index (κ3) is 4.49. The van der Waals surface area contributed by atoms with Crippen LogP contribution in [-0.4, -0.2) is 54.9 Å². The van der Waals surface area contributed by atoms with Crippen molar-refractivity contribution in [3.05, 3.63) is 23.8 Å². The van der Waals surface area contributed by atoms with Gasteiger partial charge in [-0.2, -0.15) is 34.8 Å². The number of methoxy groups -OCH3 is 1. The molecule has 1 rings (SSSR count). The van der Waals surface area contributed by atoms with Crippen LogP contribution in [-0.2, 0) is 14.9 Å². The summed E-state index contributed by atoms with van der Waals surface area (Å²) in [6.07, 6.45) is -12.9. The fourth-order valence-electron chi connectivity index (χ4n) is 1.75. The lowest BCUT2D eigenvalue weighted by molar-refractivity contribution is -0.356. The molecule has 0 aliphatic rings. The second-order valence-corrected chi connectivity index (χ2v) is 6.28. The summed E-state index contributed by atoms with van der Waals surface area (Å²) in [5, 5.41) is 9.31. The van der Waals surface area contributed by atoms with Crippen LogP contribution in [0.25, 0.3) is 0 Å². The number of carbonyl (C=O) groups excluding carboxylic acids is 1. The Bertz CT molecular complexity index is 770. The van der Waals surface area contributed by atoms with E-state index in [1.165, 1.54) is 0 Å². The molecule has 0 atom stereocenters. The van der Waals surface area contributed by atoms with Crippen LogP contribution in [0.4, 0.5) is 26.3 Å². The van der Waals surface area contributed by atoms with Crippen molar-refractivity contribution >= 4 is 16.1 Å². The molecule has 148 valence electrons. The Morgan fingerprint density at radius 2 is 1.62 bits per heavy atom. The SMILES string of the molecule is COc1cc(C(=O)OC(CS(=O)(=O)O)(C(F)(F)F)C(F)(F)F)ccc1O. The summed E-state index contributed by atoms with van der Waals surface area (Å²) < 4.78 is 116. The van der Waals surface area contributed by atoms with Crippen molar-refractivity contribution in [1.29, 1.82) is 0 Å². The molecule has 0 bridgehead atoms. The molecule has 0 fully saturated rings. The molecule has 7 nitrogen and oxygen atoms in total. The fraction of sp³-hybridized carbons (Fsp3) is 0.417. The minimum atomic E-state index is -6.43. The smallest absolute Gasteiger partial charge is 0.438 e. The summed E-state index contributed by atoms with van der Waals surface area (Å²) in [6, 6.07) is 1.91. The fourth-order valence-corrected chi connectivity index (χ4v) is 2.65. The zero-order chi connectivity index (χ0) is 20.6. The van der Waals surface area contributed by atoms with Crippen molar-refractivity contribution in [2.45, 2.75) is 18.0 Å². The number of halogens is 6. The third-order valence-electron chi connectivity index (χ3n) is 2.98. The molecule has 2 N–H and O–H groups in total. The molecule has 1 aromatic carbocycles. The van der Waals surface area contributed by atoms with Crippen LogP contribution in [0.1, 0.15) is 10.4 Å². The molecule has 0 aliphatic carbocycles. The van der Waals surface area contributed by atoms with Crippen molar-refractivity contribution in [1.82, 2.24) is 0 Å².